The van der Waals surface area contributed by atoms with Crippen LogP contribution < -0.4 is 10.5 Å². The number of benzene rings is 1. The van der Waals surface area contributed by atoms with Gasteiger partial charge in [0.25, 0.3) is 0 Å². The van der Waals surface area contributed by atoms with Crippen LogP contribution in [0.3, 0.4) is 0 Å². The minimum absolute atomic E-state index is 0.107. The van der Waals surface area contributed by atoms with Gasteiger partial charge in [-0.15, -0.1) is 0 Å². The molecule has 0 saturated heterocycles. The lowest BCUT2D eigenvalue weighted by atomic mass is 10.1. The van der Waals surface area contributed by atoms with Gasteiger partial charge in [0.2, 0.25) is 0 Å². The van der Waals surface area contributed by atoms with Gasteiger partial charge in [0.05, 0.1) is 0 Å². The van der Waals surface area contributed by atoms with Crippen LogP contribution in [0.15, 0.2) is 36.7 Å². The van der Waals surface area contributed by atoms with E-state index in [1.165, 1.54) is 18.4 Å². The highest BCUT2D eigenvalue weighted by atomic mass is 16.5. The molecule has 0 aliphatic heterocycles. The summed E-state index contributed by atoms with van der Waals surface area (Å²) >= 11 is 0. The number of nitrogens with two attached hydrogens (primary N) is 1. The molecule has 1 aromatic heterocycles. The summed E-state index contributed by atoms with van der Waals surface area (Å²) in [5.41, 5.74) is 8.10. The third kappa shape index (κ3) is 5.16. The molecule has 2 aromatic rings. The van der Waals surface area contributed by atoms with E-state index in [1.54, 1.807) is 12.4 Å². The van der Waals surface area contributed by atoms with Gasteiger partial charge in [-0.25, -0.2) is 9.97 Å². The molecule has 4 nitrogen and oxygen atoms in total. The van der Waals surface area contributed by atoms with Gasteiger partial charge in [-0.3, -0.25) is 0 Å². The Balaban J connectivity index is 1.94. The lowest BCUT2D eigenvalue weighted by molar-refractivity contribution is 0.440. The Labute approximate surface area is 126 Å². The zero-order valence-corrected chi connectivity index (χ0v) is 12.7. The van der Waals surface area contributed by atoms with Crippen molar-refractivity contribution in [1.82, 2.24) is 9.97 Å². The Morgan fingerprint density at radius 3 is 2.33 bits per heavy atom. The number of aromatic nitrogens is 2. The molecule has 21 heavy (non-hydrogen) atoms. The Kier molecular flexibility index (Phi) is 5.69. The SMILES string of the molecule is CCCCc1ccc(Oc2ncc(CC(C)N)cn2)cc1. The first-order valence-electron chi connectivity index (χ1n) is 7.50. The number of hydrogen-bond acceptors (Lipinski definition) is 4. The van der Waals surface area contributed by atoms with Gasteiger partial charge in [0, 0.05) is 18.4 Å². The first-order chi connectivity index (χ1) is 10.2. The van der Waals surface area contributed by atoms with E-state index in [2.05, 4.69) is 29.0 Å². The molecule has 112 valence electrons. The molecule has 0 spiro atoms. The zero-order valence-electron chi connectivity index (χ0n) is 12.7. The first-order valence-corrected chi connectivity index (χ1v) is 7.50. The fourth-order valence-corrected chi connectivity index (χ4v) is 2.08. The second-order valence-corrected chi connectivity index (χ2v) is 5.40. The standard InChI is InChI=1S/C17H23N3O/c1-3-4-5-14-6-8-16(9-7-14)21-17-19-11-15(12-20-17)10-13(2)18/h6-9,11-13H,3-5,10,18H2,1-2H3. The zero-order chi connectivity index (χ0) is 15.1. The summed E-state index contributed by atoms with van der Waals surface area (Å²) in [7, 11) is 0. The second-order valence-electron chi connectivity index (χ2n) is 5.40. The molecule has 0 amide bonds. The van der Waals surface area contributed by atoms with Crippen molar-refractivity contribution < 1.29 is 4.74 Å². The smallest absolute Gasteiger partial charge is 0.321 e. The van der Waals surface area contributed by atoms with Gasteiger partial charge in [-0.2, -0.15) is 0 Å². The van der Waals surface area contributed by atoms with Crippen LogP contribution in [0.1, 0.15) is 37.8 Å². The van der Waals surface area contributed by atoms with Crippen molar-refractivity contribution in [2.24, 2.45) is 5.73 Å². The van der Waals surface area contributed by atoms with Crippen LogP contribution >= 0.6 is 0 Å². The number of rotatable bonds is 7. The third-order valence-electron chi connectivity index (χ3n) is 3.19. The van der Waals surface area contributed by atoms with Crippen molar-refractivity contribution >= 4 is 0 Å². The van der Waals surface area contributed by atoms with Crippen LogP contribution in [0.4, 0.5) is 0 Å². The summed E-state index contributed by atoms with van der Waals surface area (Å²) in [5, 5.41) is 0. The van der Waals surface area contributed by atoms with E-state index in [0.29, 0.717) is 6.01 Å². The normalized spacial score (nSPS) is 12.1. The lowest BCUT2D eigenvalue weighted by Crippen LogP contribution is -2.17. The molecule has 4 heteroatoms. The highest BCUT2D eigenvalue weighted by molar-refractivity contribution is 5.29. The topological polar surface area (TPSA) is 61.0 Å². The summed E-state index contributed by atoms with van der Waals surface area (Å²) in [6.45, 7) is 4.16. The first kappa shape index (κ1) is 15.4. The van der Waals surface area contributed by atoms with E-state index >= 15 is 0 Å². The van der Waals surface area contributed by atoms with E-state index in [1.807, 2.05) is 19.1 Å². The van der Waals surface area contributed by atoms with Crippen LogP contribution in [0.5, 0.6) is 11.8 Å². The molecule has 0 radical (unpaired) electrons. The predicted octanol–water partition coefficient (Wildman–Crippen LogP) is 3.50. The number of ether oxygens (including phenoxy) is 1. The van der Waals surface area contributed by atoms with Crippen molar-refractivity contribution in [1.29, 1.82) is 0 Å². The maximum Gasteiger partial charge on any atom is 0.321 e. The minimum atomic E-state index is 0.107. The van der Waals surface area contributed by atoms with Crippen molar-refractivity contribution in [2.45, 2.75) is 45.6 Å². The molecular formula is C17H23N3O. The van der Waals surface area contributed by atoms with Gasteiger partial charge in [-0.1, -0.05) is 25.5 Å². The monoisotopic (exact) mass is 285 g/mol. The lowest BCUT2D eigenvalue weighted by Gasteiger charge is -2.07. The summed E-state index contributed by atoms with van der Waals surface area (Å²) in [5.74, 6) is 0.759. The fourth-order valence-electron chi connectivity index (χ4n) is 2.08. The fraction of sp³-hybridized carbons (Fsp3) is 0.412. The highest BCUT2D eigenvalue weighted by Gasteiger charge is 2.03. The molecule has 0 saturated carbocycles. The Morgan fingerprint density at radius 1 is 1.10 bits per heavy atom. The second kappa shape index (κ2) is 7.74. The van der Waals surface area contributed by atoms with Crippen LogP contribution in [0, 0.1) is 0 Å². The molecular weight excluding hydrogens is 262 g/mol. The van der Waals surface area contributed by atoms with Gasteiger partial charge < -0.3 is 10.5 Å². The van der Waals surface area contributed by atoms with E-state index in [4.69, 9.17) is 10.5 Å². The molecule has 0 aliphatic carbocycles. The molecule has 1 heterocycles. The molecule has 0 fully saturated rings. The maximum atomic E-state index is 5.75. The summed E-state index contributed by atoms with van der Waals surface area (Å²) in [6.07, 6.45) is 7.83. The van der Waals surface area contributed by atoms with Crippen LogP contribution in [-0.2, 0) is 12.8 Å². The van der Waals surface area contributed by atoms with Crippen LogP contribution in [-0.4, -0.2) is 16.0 Å². The molecule has 1 unspecified atom stereocenters. The molecule has 1 atom stereocenters. The number of unbranched alkanes of at least 4 members (excludes halogenated alkanes) is 1. The average molecular weight is 285 g/mol. The molecule has 2 N–H and O–H groups in total. The van der Waals surface area contributed by atoms with E-state index in [0.717, 1.165) is 24.2 Å². The summed E-state index contributed by atoms with van der Waals surface area (Å²) in [6, 6.07) is 8.58. The quantitative estimate of drug-likeness (QED) is 0.845. The maximum absolute atomic E-state index is 5.75. The number of aryl methyl sites for hydroxylation is 1. The van der Waals surface area contributed by atoms with Gasteiger partial charge in [0.15, 0.2) is 0 Å². The molecule has 0 bridgehead atoms. The van der Waals surface area contributed by atoms with Crippen molar-refractivity contribution in [3.8, 4) is 11.8 Å². The Morgan fingerprint density at radius 2 is 1.76 bits per heavy atom. The molecule has 2 rings (SSSR count). The van der Waals surface area contributed by atoms with Crippen LogP contribution in [0.25, 0.3) is 0 Å². The number of nitrogens with zero attached hydrogens (tertiary/aromatic N) is 2. The number of hydrogen-bond donors (Lipinski definition) is 1. The van der Waals surface area contributed by atoms with E-state index in [-0.39, 0.29) is 6.04 Å². The predicted molar refractivity (Wildman–Crippen MR) is 84.5 cm³/mol. The van der Waals surface area contributed by atoms with E-state index < -0.39 is 0 Å². The summed E-state index contributed by atoms with van der Waals surface area (Å²) < 4.78 is 5.64. The molecule has 1 aromatic carbocycles. The largest absolute Gasteiger partial charge is 0.424 e. The van der Waals surface area contributed by atoms with Crippen molar-refractivity contribution in [2.75, 3.05) is 0 Å². The summed E-state index contributed by atoms with van der Waals surface area (Å²) in [4.78, 5) is 8.42. The van der Waals surface area contributed by atoms with Crippen molar-refractivity contribution in [3.63, 3.8) is 0 Å². The Bertz CT molecular complexity index is 535. The highest BCUT2D eigenvalue weighted by Crippen LogP contribution is 2.19. The van der Waals surface area contributed by atoms with Gasteiger partial charge in [0.1, 0.15) is 5.75 Å². The van der Waals surface area contributed by atoms with Crippen LogP contribution in [0.2, 0.25) is 0 Å². The average Bonchev–Trinajstić information content (AvgIpc) is 2.48. The van der Waals surface area contributed by atoms with Gasteiger partial charge >= 0.3 is 6.01 Å². The third-order valence-corrected chi connectivity index (χ3v) is 3.19. The van der Waals surface area contributed by atoms with Crippen molar-refractivity contribution in [3.05, 3.63) is 47.8 Å². The molecule has 0 aliphatic rings. The minimum Gasteiger partial charge on any atom is -0.424 e. The van der Waals surface area contributed by atoms with Gasteiger partial charge in [-0.05, 0) is 49.4 Å². The Hall–Kier alpha value is -1.94. The van der Waals surface area contributed by atoms with E-state index in [9.17, 15) is 0 Å².